The van der Waals surface area contributed by atoms with E-state index in [0.29, 0.717) is 0 Å². The van der Waals surface area contributed by atoms with E-state index in [1.165, 1.54) is 92.8 Å². The van der Waals surface area contributed by atoms with Gasteiger partial charge in [-0.2, -0.15) is 0 Å². The molecule has 48 heavy (non-hydrogen) atoms. The first-order valence-electron chi connectivity index (χ1n) is 17.2. The number of hydrogen-bond acceptors (Lipinski definition) is 0. The Labute approximate surface area is 284 Å². The second-order valence-corrected chi connectivity index (χ2v) is 17.8. The van der Waals surface area contributed by atoms with Crippen molar-refractivity contribution in [3.63, 3.8) is 0 Å². The van der Waals surface area contributed by atoms with Gasteiger partial charge in [0.25, 0.3) is 0 Å². The molecule has 1 heteroatoms. The highest BCUT2D eigenvalue weighted by Gasteiger charge is 2.42. The lowest BCUT2D eigenvalue weighted by molar-refractivity contribution is 1.19. The minimum absolute atomic E-state index is 0.994. The van der Waals surface area contributed by atoms with Crippen LogP contribution >= 0.6 is 0 Å². The lowest BCUT2D eigenvalue weighted by Gasteiger charge is -2.34. The topological polar surface area (TPSA) is 0 Å². The van der Waals surface area contributed by atoms with E-state index < -0.39 is 8.07 Å². The summed E-state index contributed by atoms with van der Waals surface area (Å²) in [6.45, 7) is 7.33. The van der Waals surface area contributed by atoms with Crippen molar-refractivity contribution in [2.45, 2.75) is 33.2 Å². The van der Waals surface area contributed by atoms with Gasteiger partial charge in [0.05, 0.1) is 0 Å². The Morgan fingerprint density at radius 1 is 0.417 bits per heavy atom. The fraction of sp³-hybridized carbons (Fsp3) is 0.106. The molecule has 0 spiro atoms. The zero-order valence-corrected chi connectivity index (χ0v) is 28.8. The molecule has 0 atom stereocenters. The van der Waals surface area contributed by atoms with Crippen LogP contribution in [0.25, 0.3) is 32.7 Å². The van der Waals surface area contributed by atoms with Crippen molar-refractivity contribution < 1.29 is 0 Å². The van der Waals surface area contributed by atoms with Gasteiger partial charge in [-0.3, -0.25) is 0 Å². The second-order valence-electron chi connectivity index (χ2n) is 13.9. The highest BCUT2D eigenvalue weighted by Crippen LogP contribution is 2.42. The van der Waals surface area contributed by atoms with Gasteiger partial charge in [0, 0.05) is 0 Å². The van der Waals surface area contributed by atoms with Crippen LogP contribution in [0, 0.1) is 0 Å². The quantitative estimate of drug-likeness (QED) is 0.131. The molecule has 0 bridgehead atoms. The van der Waals surface area contributed by atoms with Gasteiger partial charge >= 0.3 is 0 Å². The van der Waals surface area contributed by atoms with Crippen LogP contribution in [0.2, 0.25) is 6.55 Å². The Hall–Kier alpha value is -5.24. The molecule has 0 saturated heterocycles. The summed E-state index contributed by atoms with van der Waals surface area (Å²) in [6.07, 6.45) is 1.99. The van der Waals surface area contributed by atoms with Crippen molar-refractivity contribution in [3.8, 4) is 0 Å². The molecule has 0 N–H and O–H groups in total. The third-order valence-corrected chi connectivity index (χ3v) is 15.6. The van der Waals surface area contributed by atoms with E-state index in [4.69, 9.17) is 0 Å². The third kappa shape index (κ3) is 4.27. The van der Waals surface area contributed by atoms with E-state index in [0.717, 1.165) is 12.8 Å². The zero-order chi connectivity index (χ0) is 32.4. The van der Waals surface area contributed by atoms with E-state index in [2.05, 4.69) is 172 Å². The number of hydrogen-bond donors (Lipinski definition) is 0. The van der Waals surface area contributed by atoms with Crippen molar-refractivity contribution in [2.75, 3.05) is 0 Å². The van der Waals surface area contributed by atoms with Crippen LogP contribution in [0.15, 0.2) is 163 Å². The van der Waals surface area contributed by atoms with Gasteiger partial charge in [-0.25, -0.2) is 0 Å². The van der Waals surface area contributed by atoms with Gasteiger partial charge in [0.15, 0.2) is 0 Å². The molecule has 7 aromatic carbocycles. The number of benzene rings is 7. The molecule has 2 aliphatic carbocycles. The largest absolute Gasteiger partial charge is 0.147 e. The predicted octanol–water partition coefficient (Wildman–Crippen LogP) is 9.85. The maximum Gasteiger partial charge on any atom is 0.147 e. The molecule has 0 unspecified atom stereocenters. The van der Waals surface area contributed by atoms with E-state index in [1.807, 2.05) is 0 Å². The first kappa shape index (κ1) is 28.9. The molecule has 230 valence electrons. The molecule has 0 aromatic heterocycles. The lowest BCUT2D eigenvalue weighted by atomic mass is 9.93. The summed E-state index contributed by atoms with van der Waals surface area (Å²) < 4.78 is 0. The minimum Gasteiger partial charge on any atom is -0.0624 e. The first-order valence-corrected chi connectivity index (χ1v) is 19.7. The number of allylic oxidation sites excluding steroid dienone is 2. The van der Waals surface area contributed by atoms with Crippen molar-refractivity contribution in [1.82, 2.24) is 0 Å². The Morgan fingerprint density at radius 3 is 1.33 bits per heavy atom. The Kier molecular flexibility index (Phi) is 6.74. The van der Waals surface area contributed by atoms with Crippen LogP contribution in [-0.2, 0) is 12.8 Å². The van der Waals surface area contributed by atoms with Crippen LogP contribution in [0.4, 0.5) is 0 Å². The van der Waals surface area contributed by atoms with E-state index in [9.17, 15) is 0 Å². The maximum absolute atomic E-state index is 2.62. The molecule has 7 aromatic rings. The highest BCUT2D eigenvalue weighted by atomic mass is 28.3. The summed E-state index contributed by atoms with van der Waals surface area (Å²) in [5, 5.41) is 9.74. The third-order valence-electron chi connectivity index (χ3n) is 11.1. The maximum atomic E-state index is 2.62. The molecule has 0 saturated carbocycles. The van der Waals surface area contributed by atoms with E-state index >= 15 is 0 Å². The van der Waals surface area contributed by atoms with E-state index in [-0.39, 0.29) is 0 Å². The van der Waals surface area contributed by atoms with Crippen LogP contribution in [-0.4, -0.2) is 8.07 Å². The second kappa shape index (κ2) is 11.2. The van der Waals surface area contributed by atoms with Gasteiger partial charge in [0.1, 0.15) is 8.07 Å². The van der Waals surface area contributed by atoms with Gasteiger partial charge in [-0.1, -0.05) is 169 Å². The molecule has 9 rings (SSSR count). The van der Waals surface area contributed by atoms with Crippen molar-refractivity contribution in [3.05, 3.63) is 196 Å². The molecule has 2 aliphatic rings. The van der Waals surface area contributed by atoms with Gasteiger partial charge in [0.2, 0.25) is 0 Å². The average molecular weight is 631 g/mol. The average Bonchev–Trinajstić information content (AvgIpc) is 3.66. The minimum atomic E-state index is -2.60. The monoisotopic (exact) mass is 630 g/mol. The summed E-state index contributed by atoms with van der Waals surface area (Å²) in [7, 11) is -2.60. The van der Waals surface area contributed by atoms with Crippen LogP contribution in [0.5, 0.6) is 0 Å². The van der Waals surface area contributed by atoms with E-state index in [1.54, 1.807) is 0 Å². The molecular formula is C47H38Si. The first-order chi connectivity index (χ1) is 23.5. The van der Waals surface area contributed by atoms with Gasteiger partial charge in [-0.15, -0.1) is 0 Å². The normalized spacial score (nSPS) is 14.2. The Balaban J connectivity index is 1.34. The highest BCUT2D eigenvalue weighted by molar-refractivity contribution is 7.11. The molecule has 0 amide bonds. The smallest absolute Gasteiger partial charge is 0.0624 e. The summed E-state index contributed by atoms with van der Waals surface area (Å²) in [5.41, 5.74) is 14.3. The molecule has 0 fully saturated rings. The van der Waals surface area contributed by atoms with Gasteiger partial charge < -0.3 is 0 Å². The van der Waals surface area contributed by atoms with Crippen LogP contribution in [0.1, 0.15) is 47.2 Å². The predicted molar refractivity (Wildman–Crippen MR) is 209 cm³/mol. The Bertz CT molecular complexity index is 2310. The number of rotatable bonds is 5. The molecule has 0 heterocycles. The van der Waals surface area contributed by atoms with Gasteiger partial charge in [-0.05, 0) is 108 Å². The van der Waals surface area contributed by atoms with Crippen LogP contribution in [0.3, 0.4) is 0 Å². The lowest BCUT2D eigenvalue weighted by Crippen LogP contribution is -2.66. The Morgan fingerprint density at radius 2 is 0.833 bits per heavy atom. The summed E-state index contributed by atoms with van der Waals surface area (Å²) in [4.78, 5) is 0. The SMILES string of the molecule is CC1=C(c2cccc3ccccc23)c2c(cccc2[Si](C)(c2ccccc2)c2cccc3c2C(c2cccc4ccccc24)=C(C)C3)C1. The van der Waals surface area contributed by atoms with Crippen molar-refractivity contribution >= 4 is 56.3 Å². The fourth-order valence-electron chi connectivity index (χ4n) is 8.94. The number of fused-ring (bicyclic) bond motifs is 4. The molecule has 0 nitrogen and oxygen atoms in total. The van der Waals surface area contributed by atoms with Crippen LogP contribution < -0.4 is 15.6 Å². The summed E-state index contributed by atoms with van der Waals surface area (Å²) in [6, 6.07) is 57.2. The summed E-state index contributed by atoms with van der Waals surface area (Å²) >= 11 is 0. The zero-order valence-electron chi connectivity index (χ0n) is 27.8. The standard InChI is InChI=1S/C47H38Si/c1-31-29-35-19-13-27-42(46(35)44(31)40-25-11-17-33-15-7-9-23-38(33)40)48(3,37-21-5-4-6-22-37)43-28-14-20-36-30-32(2)45(47(36)43)41-26-12-18-34-16-8-10-24-39(34)41/h4-28H,29-30H2,1-3H3. The van der Waals surface area contributed by atoms with Crippen molar-refractivity contribution in [2.24, 2.45) is 0 Å². The molecular weight excluding hydrogens is 593 g/mol. The molecule has 0 aliphatic heterocycles. The summed E-state index contributed by atoms with van der Waals surface area (Å²) in [5.74, 6) is 0. The van der Waals surface area contributed by atoms with Crippen molar-refractivity contribution in [1.29, 1.82) is 0 Å². The molecule has 0 radical (unpaired) electrons. The fourth-order valence-corrected chi connectivity index (χ4v) is 13.1.